The number of amides is 1. The Labute approximate surface area is 110 Å². The summed E-state index contributed by atoms with van der Waals surface area (Å²) in [6, 6.07) is 7.61. The summed E-state index contributed by atoms with van der Waals surface area (Å²) >= 11 is 0. The van der Waals surface area contributed by atoms with Gasteiger partial charge in [-0.2, -0.15) is 0 Å². The molecule has 4 nitrogen and oxygen atoms in total. The first-order valence-corrected chi connectivity index (χ1v) is 5.81. The molecule has 0 spiro atoms. The molecule has 19 heavy (non-hydrogen) atoms. The molecule has 0 aliphatic carbocycles. The Morgan fingerprint density at radius 3 is 2.63 bits per heavy atom. The van der Waals surface area contributed by atoms with E-state index in [0.29, 0.717) is 22.6 Å². The van der Waals surface area contributed by atoms with E-state index in [2.05, 4.69) is 15.6 Å². The fraction of sp³-hybridized carbons (Fsp3) is 0.143. The Morgan fingerprint density at radius 2 is 2.05 bits per heavy atom. The number of halogens is 1. The Hall–Kier alpha value is -2.43. The highest BCUT2D eigenvalue weighted by atomic mass is 19.1. The molecule has 0 aliphatic heterocycles. The maximum absolute atomic E-state index is 13.0. The van der Waals surface area contributed by atoms with Crippen molar-refractivity contribution in [2.75, 3.05) is 17.7 Å². The molecule has 1 amide bonds. The standard InChI is InChI=1S/C14H14FN3O/c1-9-7-11(15)4-5-12(9)18-14(19)10-3-6-13(16-2)17-8-10/h3-8H,1-2H3,(H,16,17)(H,18,19). The van der Waals surface area contributed by atoms with Gasteiger partial charge in [-0.05, 0) is 42.8 Å². The van der Waals surface area contributed by atoms with Gasteiger partial charge >= 0.3 is 0 Å². The van der Waals surface area contributed by atoms with Gasteiger partial charge < -0.3 is 10.6 Å². The topological polar surface area (TPSA) is 54.0 Å². The lowest BCUT2D eigenvalue weighted by molar-refractivity contribution is 0.102. The summed E-state index contributed by atoms with van der Waals surface area (Å²) in [5.41, 5.74) is 1.71. The molecule has 0 bridgehead atoms. The number of hydrogen-bond donors (Lipinski definition) is 2. The lowest BCUT2D eigenvalue weighted by Crippen LogP contribution is -2.13. The number of rotatable bonds is 3. The quantitative estimate of drug-likeness (QED) is 0.891. The molecule has 0 fully saturated rings. The number of aromatic nitrogens is 1. The van der Waals surface area contributed by atoms with Crippen LogP contribution < -0.4 is 10.6 Å². The number of nitrogens with zero attached hydrogens (tertiary/aromatic N) is 1. The molecule has 0 unspecified atom stereocenters. The second-order valence-electron chi connectivity index (χ2n) is 4.10. The number of carbonyl (C=O) groups is 1. The van der Waals surface area contributed by atoms with Gasteiger partial charge in [0.15, 0.2) is 0 Å². The summed E-state index contributed by atoms with van der Waals surface area (Å²) < 4.78 is 13.0. The van der Waals surface area contributed by atoms with Gasteiger partial charge in [-0.1, -0.05) is 0 Å². The molecular formula is C14H14FN3O. The number of pyridine rings is 1. The predicted molar refractivity (Wildman–Crippen MR) is 72.9 cm³/mol. The molecule has 98 valence electrons. The Kier molecular flexibility index (Phi) is 3.75. The molecule has 0 saturated heterocycles. The SMILES string of the molecule is CNc1ccc(C(=O)Nc2ccc(F)cc2C)cn1. The molecular weight excluding hydrogens is 245 g/mol. The van der Waals surface area contributed by atoms with E-state index in [1.807, 2.05) is 0 Å². The normalized spacial score (nSPS) is 10.1. The number of carbonyl (C=O) groups excluding carboxylic acids is 1. The van der Waals surface area contributed by atoms with Crippen LogP contribution in [0.5, 0.6) is 0 Å². The smallest absolute Gasteiger partial charge is 0.257 e. The van der Waals surface area contributed by atoms with Crippen LogP contribution in [0.25, 0.3) is 0 Å². The number of nitrogens with one attached hydrogen (secondary N) is 2. The number of hydrogen-bond acceptors (Lipinski definition) is 3. The highest BCUT2D eigenvalue weighted by Gasteiger charge is 2.08. The van der Waals surface area contributed by atoms with Gasteiger partial charge in [0.25, 0.3) is 5.91 Å². The van der Waals surface area contributed by atoms with Gasteiger partial charge in [0.2, 0.25) is 0 Å². The van der Waals surface area contributed by atoms with Crippen molar-refractivity contribution in [1.82, 2.24) is 4.98 Å². The van der Waals surface area contributed by atoms with Gasteiger partial charge in [0.1, 0.15) is 11.6 Å². The summed E-state index contributed by atoms with van der Waals surface area (Å²) in [5, 5.41) is 5.60. The van der Waals surface area contributed by atoms with Crippen molar-refractivity contribution in [3.05, 3.63) is 53.5 Å². The van der Waals surface area contributed by atoms with Crippen LogP contribution in [0.3, 0.4) is 0 Å². The first-order valence-electron chi connectivity index (χ1n) is 5.81. The van der Waals surface area contributed by atoms with E-state index in [9.17, 15) is 9.18 Å². The Morgan fingerprint density at radius 1 is 1.26 bits per heavy atom. The molecule has 0 saturated carbocycles. The molecule has 2 N–H and O–H groups in total. The van der Waals surface area contributed by atoms with Gasteiger partial charge in [-0.15, -0.1) is 0 Å². The van der Waals surface area contributed by atoms with Crippen molar-refractivity contribution < 1.29 is 9.18 Å². The van der Waals surface area contributed by atoms with Gasteiger partial charge in [0, 0.05) is 18.9 Å². The molecule has 2 rings (SSSR count). The van der Waals surface area contributed by atoms with Crippen molar-refractivity contribution in [2.45, 2.75) is 6.92 Å². The molecule has 2 aromatic rings. The first-order chi connectivity index (χ1) is 9.10. The van der Waals surface area contributed by atoms with Crippen molar-refractivity contribution in [2.24, 2.45) is 0 Å². The molecule has 5 heteroatoms. The fourth-order valence-electron chi connectivity index (χ4n) is 1.64. The zero-order valence-corrected chi connectivity index (χ0v) is 10.7. The summed E-state index contributed by atoms with van der Waals surface area (Å²) in [5.74, 6) is 0.0925. The van der Waals surface area contributed by atoms with E-state index < -0.39 is 0 Å². The Balaban J connectivity index is 2.15. The third kappa shape index (κ3) is 3.07. The summed E-state index contributed by atoms with van der Waals surface area (Å²) in [4.78, 5) is 16.1. The van der Waals surface area contributed by atoms with Crippen molar-refractivity contribution in [3.63, 3.8) is 0 Å². The predicted octanol–water partition coefficient (Wildman–Crippen LogP) is 2.82. The fourth-order valence-corrected chi connectivity index (χ4v) is 1.64. The maximum Gasteiger partial charge on any atom is 0.257 e. The second kappa shape index (κ2) is 5.48. The highest BCUT2D eigenvalue weighted by Crippen LogP contribution is 2.16. The molecule has 0 aliphatic rings. The average molecular weight is 259 g/mol. The summed E-state index contributed by atoms with van der Waals surface area (Å²) in [7, 11) is 1.75. The molecule has 0 atom stereocenters. The third-order valence-electron chi connectivity index (χ3n) is 2.72. The van der Waals surface area contributed by atoms with E-state index in [-0.39, 0.29) is 11.7 Å². The lowest BCUT2D eigenvalue weighted by atomic mass is 10.2. The largest absolute Gasteiger partial charge is 0.373 e. The van der Waals surface area contributed by atoms with E-state index in [0.717, 1.165) is 0 Å². The molecule has 1 aromatic heterocycles. The van der Waals surface area contributed by atoms with Crippen molar-refractivity contribution >= 4 is 17.4 Å². The van der Waals surface area contributed by atoms with Crippen LogP contribution in [0.2, 0.25) is 0 Å². The third-order valence-corrected chi connectivity index (χ3v) is 2.72. The molecule has 0 radical (unpaired) electrons. The van der Waals surface area contributed by atoms with Gasteiger partial charge in [-0.25, -0.2) is 9.37 Å². The minimum Gasteiger partial charge on any atom is -0.373 e. The Bertz CT molecular complexity index is 596. The van der Waals surface area contributed by atoms with Crippen molar-refractivity contribution in [3.8, 4) is 0 Å². The first kappa shape index (κ1) is 13.0. The van der Waals surface area contributed by atoms with Gasteiger partial charge in [0.05, 0.1) is 5.56 Å². The highest BCUT2D eigenvalue weighted by molar-refractivity contribution is 6.04. The van der Waals surface area contributed by atoms with Crippen LogP contribution in [0.1, 0.15) is 15.9 Å². The van der Waals surface area contributed by atoms with Crippen LogP contribution in [0.15, 0.2) is 36.5 Å². The molecule has 1 aromatic carbocycles. The summed E-state index contributed by atoms with van der Waals surface area (Å²) in [6.07, 6.45) is 1.49. The number of benzene rings is 1. The molecule has 1 heterocycles. The van der Waals surface area contributed by atoms with Crippen LogP contribution in [-0.2, 0) is 0 Å². The van der Waals surface area contributed by atoms with Gasteiger partial charge in [-0.3, -0.25) is 4.79 Å². The van der Waals surface area contributed by atoms with Crippen LogP contribution in [0.4, 0.5) is 15.9 Å². The van der Waals surface area contributed by atoms with E-state index in [1.165, 1.54) is 24.4 Å². The minimum absolute atomic E-state index is 0.273. The van der Waals surface area contributed by atoms with Crippen LogP contribution in [-0.4, -0.2) is 17.9 Å². The van der Waals surface area contributed by atoms with E-state index in [4.69, 9.17) is 0 Å². The van der Waals surface area contributed by atoms with E-state index >= 15 is 0 Å². The second-order valence-corrected chi connectivity index (χ2v) is 4.10. The average Bonchev–Trinajstić information content (AvgIpc) is 2.42. The van der Waals surface area contributed by atoms with Crippen LogP contribution in [0, 0.1) is 12.7 Å². The maximum atomic E-state index is 13.0. The van der Waals surface area contributed by atoms with Crippen LogP contribution >= 0.6 is 0 Å². The van der Waals surface area contributed by atoms with Crippen molar-refractivity contribution in [1.29, 1.82) is 0 Å². The zero-order valence-electron chi connectivity index (χ0n) is 10.7. The number of anilines is 2. The number of aryl methyl sites for hydroxylation is 1. The minimum atomic E-state index is -0.324. The monoisotopic (exact) mass is 259 g/mol. The van der Waals surface area contributed by atoms with E-state index in [1.54, 1.807) is 26.1 Å². The zero-order chi connectivity index (χ0) is 13.8. The summed E-state index contributed by atoms with van der Waals surface area (Å²) in [6.45, 7) is 1.74. The lowest BCUT2D eigenvalue weighted by Gasteiger charge is -2.08.